The molecule has 5 heteroatoms. The SMILES string of the molecule is C1CCOC1.C1CCOC1.C[C]1[P][C](C)[C](C)[C]1C.C[C]1[P][C](C)[C](C)[C]1C.[Sm]. The maximum absolute atomic E-state index is 4.94. The fourth-order valence-electron chi connectivity index (χ4n) is 2.94. The molecule has 4 saturated heterocycles. The van der Waals surface area contributed by atoms with E-state index in [1.165, 1.54) is 89.2 Å². The molecule has 0 aromatic rings. The summed E-state index contributed by atoms with van der Waals surface area (Å²) in [6.07, 6.45) is 5.11. The largest absolute Gasteiger partial charge is 0.381 e. The average Bonchev–Trinajstić information content (AvgIpc) is 3.47. The van der Waals surface area contributed by atoms with E-state index in [1.54, 1.807) is 0 Å². The third-order valence-electron chi connectivity index (χ3n) is 5.62. The first-order chi connectivity index (χ1) is 13.3. The summed E-state index contributed by atoms with van der Waals surface area (Å²) in [5.74, 6) is 5.98. The predicted molar refractivity (Wildman–Crippen MR) is 125 cm³/mol. The van der Waals surface area contributed by atoms with Gasteiger partial charge in [-0.25, -0.2) is 0 Å². The molecule has 2 nitrogen and oxygen atoms in total. The van der Waals surface area contributed by atoms with E-state index in [0.717, 1.165) is 26.4 Å². The summed E-state index contributed by atoms with van der Waals surface area (Å²) in [5, 5.41) is 0. The molecule has 10 radical (unpaired) electrons. The fourth-order valence-corrected chi connectivity index (χ4v) is 5.29. The van der Waals surface area contributed by atoms with Gasteiger partial charge >= 0.3 is 0 Å². The van der Waals surface area contributed by atoms with E-state index in [4.69, 9.17) is 9.47 Å². The number of hydrogen-bond acceptors (Lipinski definition) is 2. The minimum absolute atomic E-state index is 0. The van der Waals surface area contributed by atoms with Gasteiger partial charge in [0.05, 0.1) is 0 Å². The van der Waals surface area contributed by atoms with Gasteiger partial charge in [-0.05, 0) is 49.4 Å². The van der Waals surface area contributed by atoms with E-state index in [0.29, 0.717) is 0 Å². The maximum atomic E-state index is 4.94. The molecule has 0 bridgehead atoms. The van der Waals surface area contributed by atoms with Crippen molar-refractivity contribution in [2.24, 2.45) is 0 Å². The van der Waals surface area contributed by atoms with Crippen LogP contribution in [-0.2, 0) is 9.47 Å². The summed E-state index contributed by atoms with van der Waals surface area (Å²) in [7, 11) is 2.87. The van der Waals surface area contributed by atoms with Crippen molar-refractivity contribution in [1.82, 2.24) is 0 Å². The Morgan fingerprint density at radius 2 is 0.655 bits per heavy atom. The van der Waals surface area contributed by atoms with Crippen LogP contribution in [0.3, 0.4) is 0 Å². The second-order valence-electron chi connectivity index (χ2n) is 7.70. The molecule has 4 heterocycles. The normalized spacial score (nSPS) is 25.7. The van der Waals surface area contributed by atoms with E-state index in [-0.39, 0.29) is 40.4 Å². The van der Waals surface area contributed by atoms with Crippen molar-refractivity contribution in [1.29, 1.82) is 0 Å². The molecule has 0 spiro atoms. The maximum Gasteiger partial charge on any atom is 0.0466 e. The molecule has 0 aromatic heterocycles. The van der Waals surface area contributed by atoms with Crippen molar-refractivity contribution >= 4 is 17.2 Å². The van der Waals surface area contributed by atoms with Crippen molar-refractivity contribution in [3.63, 3.8) is 0 Å². The van der Waals surface area contributed by atoms with Crippen molar-refractivity contribution in [2.45, 2.75) is 81.1 Å². The Morgan fingerprint density at radius 3 is 0.724 bits per heavy atom. The minimum Gasteiger partial charge on any atom is -0.381 e. The molecule has 0 aromatic carbocycles. The van der Waals surface area contributed by atoms with Crippen molar-refractivity contribution in [2.75, 3.05) is 26.4 Å². The predicted octanol–water partition coefficient (Wildman–Crippen LogP) is 8.07. The Labute approximate surface area is 219 Å². The molecule has 0 atom stereocenters. The van der Waals surface area contributed by atoms with Gasteiger partial charge in [0.2, 0.25) is 0 Å². The number of rotatable bonds is 0. The van der Waals surface area contributed by atoms with Gasteiger partial charge in [-0.15, -0.1) is 0 Å². The molecule has 0 saturated carbocycles. The van der Waals surface area contributed by atoms with Crippen LogP contribution in [0.5, 0.6) is 0 Å². The zero-order valence-electron chi connectivity index (χ0n) is 19.8. The molecule has 4 fully saturated rings. The first-order valence-electron chi connectivity index (χ1n) is 10.5. The van der Waals surface area contributed by atoms with Crippen LogP contribution in [0, 0.1) is 86.7 Å². The third kappa shape index (κ3) is 12.2. The van der Waals surface area contributed by atoms with Gasteiger partial charge < -0.3 is 9.47 Å². The monoisotopic (exact) mass is 574 g/mol. The molecule has 0 aliphatic carbocycles. The van der Waals surface area contributed by atoms with Crippen molar-refractivity contribution in [3.05, 3.63) is 46.3 Å². The Balaban J connectivity index is 0.000000369. The van der Waals surface area contributed by atoms with Crippen LogP contribution in [0.1, 0.15) is 81.1 Å². The summed E-state index contributed by atoms with van der Waals surface area (Å²) in [4.78, 5) is 0. The first-order valence-corrected chi connectivity index (χ1v) is 12.3. The van der Waals surface area contributed by atoms with E-state index >= 15 is 0 Å². The number of hydrogen-bond donors (Lipinski definition) is 0. The molecule has 0 unspecified atom stereocenters. The summed E-state index contributed by atoms with van der Waals surface area (Å²) >= 11 is 0. The summed E-state index contributed by atoms with van der Waals surface area (Å²) < 4.78 is 9.89. The van der Waals surface area contributed by atoms with Gasteiger partial charge in [-0.3, -0.25) is 0 Å². The molecule has 4 aliphatic heterocycles. The average molecular weight is 573 g/mol. The summed E-state index contributed by atoms with van der Waals surface area (Å²) in [6, 6.07) is 0. The second-order valence-corrected chi connectivity index (χ2v) is 10.8. The quantitative estimate of drug-likeness (QED) is 0.273. The van der Waals surface area contributed by atoms with Gasteiger partial charge in [-0.1, -0.05) is 72.6 Å². The van der Waals surface area contributed by atoms with Crippen LogP contribution in [0.15, 0.2) is 0 Å². The van der Waals surface area contributed by atoms with Crippen LogP contribution in [-0.4, -0.2) is 26.4 Å². The molecule has 0 amide bonds. The first kappa shape index (κ1) is 31.1. The standard InChI is InChI=1S/2C8H12P.2C4H8O.Sm/c2*1-5-6(2)8(4)9-7(5)3;2*1-2-4-5-3-1;/h2*1-4H3;2*1-4H2;. The van der Waals surface area contributed by atoms with Gasteiger partial charge in [0, 0.05) is 89.5 Å². The molecule has 29 heavy (non-hydrogen) atoms. The van der Waals surface area contributed by atoms with Gasteiger partial charge in [0.15, 0.2) is 0 Å². The molecule has 4 rings (SSSR count). The van der Waals surface area contributed by atoms with E-state index < -0.39 is 0 Å². The smallest absolute Gasteiger partial charge is 0.0466 e. The minimum atomic E-state index is 0. The molecule has 164 valence electrons. The van der Waals surface area contributed by atoms with Gasteiger partial charge in [-0.2, -0.15) is 0 Å². The molecule has 0 N–H and O–H groups in total. The van der Waals surface area contributed by atoms with Crippen molar-refractivity contribution < 1.29 is 49.9 Å². The van der Waals surface area contributed by atoms with Crippen LogP contribution >= 0.6 is 17.2 Å². The molecular formula is C24H40O2P2Sm. The van der Waals surface area contributed by atoms with E-state index in [9.17, 15) is 0 Å². The third-order valence-corrected chi connectivity index (χ3v) is 8.30. The number of ether oxygens (including phenoxy) is 2. The van der Waals surface area contributed by atoms with Crippen LogP contribution in [0.2, 0.25) is 0 Å². The van der Waals surface area contributed by atoms with Crippen LogP contribution in [0.4, 0.5) is 0 Å². The summed E-state index contributed by atoms with van der Waals surface area (Å²) in [5.41, 5.74) is 6.07. The van der Waals surface area contributed by atoms with Crippen molar-refractivity contribution in [3.8, 4) is 0 Å². The fraction of sp³-hybridized carbons (Fsp3) is 0.667. The zero-order chi connectivity index (χ0) is 21.1. The van der Waals surface area contributed by atoms with Crippen LogP contribution in [0.25, 0.3) is 0 Å². The van der Waals surface area contributed by atoms with Gasteiger partial charge in [0.1, 0.15) is 0 Å². The van der Waals surface area contributed by atoms with Gasteiger partial charge in [0.25, 0.3) is 0 Å². The Bertz CT molecular complexity index is 316. The zero-order valence-corrected chi connectivity index (χ0v) is 24.2. The summed E-state index contributed by atoms with van der Waals surface area (Å²) in [6.45, 7) is 21.6. The Kier molecular flexibility index (Phi) is 18.9. The molecule has 4 aliphatic rings. The van der Waals surface area contributed by atoms with E-state index in [2.05, 4.69) is 55.4 Å². The molecular weight excluding hydrogens is 533 g/mol. The Morgan fingerprint density at radius 1 is 0.448 bits per heavy atom. The van der Waals surface area contributed by atoms with E-state index in [1.807, 2.05) is 0 Å². The van der Waals surface area contributed by atoms with Crippen LogP contribution < -0.4 is 0 Å². The Hall–Kier alpha value is 2.12. The topological polar surface area (TPSA) is 18.5 Å². The second kappa shape index (κ2) is 17.6.